The SMILES string of the molecule is CCOC(=O)c1c(NC(=O)C(Cl)(Cl)Cl)sc2c1CCC(CC)C2. The predicted octanol–water partition coefficient (Wildman–Crippen LogP) is 4.75. The Morgan fingerprint density at radius 3 is 2.61 bits per heavy atom. The average molecular weight is 399 g/mol. The molecule has 0 saturated heterocycles. The van der Waals surface area contributed by atoms with Gasteiger partial charge in [-0.25, -0.2) is 4.79 Å². The van der Waals surface area contributed by atoms with Crippen LogP contribution in [-0.4, -0.2) is 22.3 Å². The van der Waals surface area contributed by atoms with Crippen molar-refractivity contribution in [2.45, 2.75) is 43.3 Å². The molecule has 1 heterocycles. The van der Waals surface area contributed by atoms with Gasteiger partial charge in [0.05, 0.1) is 12.2 Å². The molecule has 128 valence electrons. The smallest absolute Gasteiger partial charge is 0.341 e. The number of halogens is 3. The highest BCUT2D eigenvalue weighted by Crippen LogP contribution is 2.41. The van der Waals surface area contributed by atoms with E-state index in [0.717, 1.165) is 36.1 Å². The van der Waals surface area contributed by atoms with Gasteiger partial charge in [0.1, 0.15) is 5.00 Å². The van der Waals surface area contributed by atoms with E-state index in [-0.39, 0.29) is 6.61 Å². The Morgan fingerprint density at radius 2 is 2.04 bits per heavy atom. The quantitative estimate of drug-likeness (QED) is 0.588. The first kappa shape index (κ1) is 18.8. The van der Waals surface area contributed by atoms with Crippen LogP contribution in [0.15, 0.2) is 0 Å². The summed E-state index contributed by atoms with van der Waals surface area (Å²) in [5.41, 5.74) is 1.36. The number of amides is 1. The maximum Gasteiger partial charge on any atom is 0.341 e. The molecule has 1 N–H and O–H groups in total. The van der Waals surface area contributed by atoms with Gasteiger partial charge < -0.3 is 10.1 Å². The first-order valence-corrected chi connectivity index (χ1v) is 9.42. The van der Waals surface area contributed by atoms with Gasteiger partial charge >= 0.3 is 5.97 Å². The lowest BCUT2D eigenvalue weighted by atomic mass is 9.85. The van der Waals surface area contributed by atoms with Crippen molar-refractivity contribution in [2.24, 2.45) is 5.92 Å². The topological polar surface area (TPSA) is 55.4 Å². The second-order valence-electron chi connectivity index (χ2n) is 5.40. The molecule has 1 atom stereocenters. The van der Waals surface area contributed by atoms with Gasteiger partial charge in [-0.05, 0) is 37.7 Å². The van der Waals surface area contributed by atoms with Crippen molar-refractivity contribution in [3.8, 4) is 0 Å². The van der Waals surface area contributed by atoms with Crippen LogP contribution in [0.25, 0.3) is 0 Å². The van der Waals surface area contributed by atoms with Gasteiger partial charge in [0.25, 0.3) is 9.70 Å². The number of esters is 1. The van der Waals surface area contributed by atoms with Gasteiger partial charge in [-0.1, -0.05) is 48.1 Å². The molecule has 0 saturated carbocycles. The highest BCUT2D eigenvalue weighted by molar-refractivity contribution is 7.17. The van der Waals surface area contributed by atoms with E-state index in [9.17, 15) is 9.59 Å². The standard InChI is InChI=1S/C15H18Cl3NO3S/c1-3-8-5-6-9-10(7-8)23-12(11(9)13(20)22-4-2)19-14(21)15(16,17)18/h8H,3-7H2,1-2H3,(H,19,21). The van der Waals surface area contributed by atoms with Gasteiger partial charge in [0, 0.05) is 4.88 Å². The summed E-state index contributed by atoms with van der Waals surface area (Å²) in [7, 11) is 0. The van der Waals surface area contributed by atoms with E-state index in [1.165, 1.54) is 11.3 Å². The lowest BCUT2D eigenvalue weighted by molar-refractivity contribution is -0.115. The summed E-state index contributed by atoms with van der Waals surface area (Å²) in [4.78, 5) is 25.4. The highest BCUT2D eigenvalue weighted by Gasteiger charge is 2.34. The summed E-state index contributed by atoms with van der Waals surface area (Å²) in [6, 6.07) is 0. The summed E-state index contributed by atoms with van der Waals surface area (Å²) in [6.07, 6.45) is 3.79. The zero-order valence-electron chi connectivity index (χ0n) is 12.9. The van der Waals surface area contributed by atoms with E-state index in [1.807, 2.05) is 0 Å². The van der Waals surface area contributed by atoms with Crippen molar-refractivity contribution in [3.63, 3.8) is 0 Å². The zero-order valence-corrected chi connectivity index (χ0v) is 16.0. The number of nitrogens with one attached hydrogen (secondary N) is 1. The molecule has 0 spiro atoms. The molecule has 0 radical (unpaired) electrons. The number of hydrogen-bond donors (Lipinski definition) is 1. The fraction of sp³-hybridized carbons (Fsp3) is 0.600. The Hall–Kier alpha value is -0.490. The highest BCUT2D eigenvalue weighted by atomic mass is 35.6. The fourth-order valence-electron chi connectivity index (χ4n) is 2.68. The number of thiophene rings is 1. The molecule has 2 rings (SSSR count). The maximum absolute atomic E-state index is 12.3. The van der Waals surface area contributed by atoms with Crippen LogP contribution in [0.3, 0.4) is 0 Å². The molecule has 1 aromatic rings. The number of ether oxygens (including phenoxy) is 1. The van der Waals surface area contributed by atoms with E-state index in [1.54, 1.807) is 6.92 Å². The van der Waals surface area contributed by atoms with E-state index in [4.69, 9.17) is 39.5 Å². The van der Waals surface area contributed by atoms with Crippen LogP contribution in [0, 0.1) is 5.92 Å². The van der Waals surface area contributed by atoms with E-state index in [0.29, 0.717) is 16.5 Å². The van der Waals surface area contributed by atoms with E-state index < -0.39 is 15.7 Å². The molecule has 8 heteroatoms. The minimum Gasteiger partial charge on any atom is -0.462 e. The second-order valence-corrected chi connectivity index (χ2v) is 8.78. The molecule has 0 aliphatic heterocycles. The molecule has 0 fully saturated rings. The number of carbonyl (C=O) groups is 2. The third-order valence-electron chi connectivity index (χ3n) is 3.91. The van der Waals surface area contributed by atoms with Crippen LogP contribution in [-0.2, 0) is 22.4 Å². The Bertz CT molecular complexity index is 610. The molecule has 4 nitrogen and oxygen atoms in total. The number of carbonyl (C=O) groups excluding carboxylic acids is 2. The summed E-state index contributed by atoms with van der Waals surface area (Å²) >= 11 is 18.2. The van der Waals surface area contributed by atoms with Crippen molar-refractivity contribution in [2.75, 3.05) is 11.9 Å². The normalized spacial score (nSPS) is 17.5. The van der Waals surface area contributed by atoms with Crippen LogP contribution in [0.1, 0.15) is 47.5 Å². The monoisotopic (exact) mass is 397 g/mol. The van der Waals surface area contributed by atoms with Gasteiger partial charge in [-0.15, -0.1) is 11.3 Å². The Balaban J connectivity index is 2.38. The lowest BCUT2D eigenvalue weighted by Gasteiger charge is -2.21. The molecular formula is C15H18Cl3NO3S. The van der Waals surface area contributed by atoms with Gasteiger partial charge in [0.2, 0.25) is 0 Å². The third-order valence-corrected chi connectivity index (χ3v) is 5.59. The van der Waals surface area contributed by atoms with Crippen LogP contribution in [0.5, 0.6) is 0 Å². The molecule has 1 aliphatic carbocycles. The minimum absolute atomic E-state index is 0.263. The zero-order chi connectivity index (χ0) is 17.2. The van der Waals surface area contributed by atoms with Gasteiger partial charge in [-0.2, -0.15) is 0 Å². The van der Waals surface area contributed by atoms with Crippen molar-refractivity contribution >= 4 is 63.0 Å². The number of alkyl halides is 3. The maximum atomic E-state index is 12.3. The van der Waals surface area contributed by atoms with Crippen LogP contribution >= 0.6 is 46.1 Å². The van der Waals surface area contributed by atoms with Crippen LogP contribution in [0.4, 0.5) is 5.00 Å². The lowest BCUT2D eigenvalue weighted by Crippen LogP contribution is -2.27. The number of rotatable bonds is 4. The van der Waals surface area contributed by atoms with Crippen LogP contribution in [0.2, 0.25) is 0 Å². The van der Waals surface area contributed by atoms with Crippen molar-refractivity contribution in [3.05, 3.63) is 16.0 Å². The minimum atomic E-state index is -2.08. The van der Waals surface area contributed by atoms with Gasteiger partial charge in [0.15, 0.2) is 0 Å². The van der Waals surface area contributed by atoms with Crippen LogP contribution < -0.4 is 5.32 Å². The third kappa shape index (κ3) is 4.32. The molecule has 1 amide bonds. The molecule has 1 aromatic heterocycles. The molecular weight excluding hydrogens is 381 g/mol. The van der Waals surface area contributed by atoms with E-state index >= 15 is 0 Å². The second kappa shape index (κ2) is 7.60. The van der Waals surface area contributed by atoms with E-state index in [2.05, 4.69) is 12.2 Å². The first-order valence-electron chi connectivity index (χ1n) is 7.47. The Labute approximate surface area is 154 Å². The Kier molecular flexibility index (Phi) is 6.22. The molecule has 0 bridgehead atoms. The largest absolute Gasteiger partial charge is 0.462 e. The van der Waals surface area contributed by atoms with Crippen molar-refractivity contribution in [1.29, 1.82) is 0 Å². The predicted molar refractivity (Wildman–Crippen MR) is 95.0 cm³/mol. The molecule has 0 aromatic carbocycles. The summed E-state index contributed by atoms with van der Waals surface area (Å²) in [5, 5.41) is 2.97. The molecule has 1 unspecified atom stereocenters. The fourth-order valence-corrected chi connectivity index (χ4v) is 4.17. The van der Waals surface area contributed by atoms with Gasteiger partial charge in [-0.3, -0.25) is 4.79 Å². The summed E-state index contributed by atoms with van der Waals surface area (Å²) in [6.45, 7) is 4.16. The molecule has 1 aliphatic rings. The number of anilines is 1. The summed E-state index contributed by atoms with van der Waals surface area (Å²) in [5.74, 6) is -0.633. The molecule has 23 heavy (non-hydrogen) atoms. The first-order chi connectivity index (χ1) is 10.8. The number of hydrogen-bond acceptors (Lipinski definition) is 4. The Morgan fingerprint density at radius 1 is 1.35 bits per heavy atom. The van der Waals surface area contributed by atoms with Crippen molar-refractivity contribution in [1.82, 2.24) is 0 Å². The summed E-state index contributed by atoms with van der Waals surface area (Å²) < 4.78 is 3.05. The van der Waals surface area contributed by atoms with Crippen molar-refractivity contribution < 1.29 is 14.3 Å². The average Bonchev–Trinajstić information content (AvgIpc) is 2.83. The number of fused-ring (bicyclic) bond motifs is 1.